The van der Waals surface area contributed by atoms with Gasteiger partial charge in [0.25, 0.3) is 0 Å². The van der Waals surface area contributed by atoms with Gasteiger partial charge in [-0.2, -0.15) is 0 Å². The van der Waals surface area contributed by atoms with Gasteiger partial charge in [-0.15, -0.1) is 0 Å². The molecule has 23 heavy (non-hydrogen) atoms. The fourth-order valence-electron chi connectivity index (χ4n) is 2.88. The highest BCUT2D eigenvalue weighted by Crippen LogP contribution is 2.28. The van der Waals surface area contributed by atoms with Crippen LogP contribution in [0.15, 0.2) is 24.3 Å². The molecule has 0 saturated carbocycles. The molecule has 2 unspecified atom stereocenters. The van der Waals surface area contributed by atoms with E-state index in [4.69, 9.17) is 5.11 Å². The Balaban J connectivity index is 1.96. The summed E-state index contributed by atoms with van der Waals surface area (Å²) in [5.74, 6) is -1.20. The highest BCUT2D eigenvalue weighted by molar-refractivity contribution is 5.82. The molecule has 0 aliphatic carbocycles. The zero-order valence-corrected chi connectivity index (χ0v) is 13.9. The largest absolute Gasteiger partial charge is 0.479 e. The maximum Gasteiger partial charge on any atom is 0.343 e. The van der Waals surface area contributed by atoms with E-state index in [1.54, 1.807) is 0 Å². The minimum absolute atomic E-state index is 0.0168. The number of alkyl halides is 1. The standard InChI is InChI=1S/C18H24FNO3/c1-12(2)14-4-6-15(7-5-14)13(3)10-16(21)20-9-8-18(19,11-20)17(22)23/h4-7,12-13H,8-11H2,1-3H3,(H,22,23). The predicted molar refractivity (Wildman–Crippen MR) is 86.2 cm³/mol. The summed E-state index contributed by atoms with van der Waals surface area (Å²) >= 11 is 0. The van der Waals surface area contributed by atoms with Crippen LogP contribution in [0.1, 0.15) is 56.6 Å². The summed E-state index contributed by atoms with van der Waals surface area (Å²) in [6.07, 6.45) is 0.127. The number of nitrogens with zero attached hydrogens (tertiary/aromatic N) is 1. The summed E-state index contributed by atoms with van der Waals surface area (Å²) in [5, 5.41) is 8.89. The van der Waals surface area contributed by atoms with Crippen molar-refractivity contribution in [1.29, 1.82) is 0 Å². The van der Waals surface area contributed by atoms with E-state index in [1.165, 1.54) is 10.5 Å². The lowest BCUT2D eigenvalue weighted by molar-refractivity contribution is -0.150. The van der Waals surface area contributed by atoms with Crippen molar-refractivity contribution >= 4 is 11.9 Å². The molecular weight excluding hydrogens is 297 g/mol. The molecule has 1 fully saturated rings. The second kappa shape index (κ2) is 6.69. The first-order chi connectivity index (χ1) is 10.7. The van der Waals surface area contributed by atoms with E-state index in [-0.39, 0.29) is 37.8 Å². The first kappa shape index (κ1) is 17.4. The number of benzene rings is 1. The van der Waals surface area contributed by atoms with Crippen LogP contribution in [-0.4, -0.2) is 40.6 Å². The molecule has 1 aromatic rings. The van der Waals surface area contributed by atoms with Gasteiger partial charge in [0.1, 0.15) is 0 Å². The lowest BCUT2D eigenvalue weighted by Gasteiger charge is -2.20. The third kappa shape index (κ3) is 3.89. The molecule has 2 rings (SSSR count). The van der Waals surface area contributed by atoms with Crippen molar-refractivity contribution in [3.8, 4) is 0 Å². The molecule has 0 spiro atoms. The number of likely N-dealkylation sites (tertiary alicyclic amines) is 1. The number of carbonyl (C=O) groups excluding carboxylic acids is 1. The average Bonchev–Trinajstić information content (AvgIpc) is 2.91. The van der Waals surface area contributed by atoms with Crippen molar-refractivity contribution in [2.45, 2.75) is 51.1 Å². The Hall–Kier alpha value is -1.91. The quantitative estimate of drug-likeness (QED) is 0.905. The number of amides is 1. The van der Waals surface area contributed by atoms with Crippen LogP contribution in [-0.2, 0) is 9.59 Å². The number of aliphatic carboxylic acids is 1. The molecule has 1 aliphatic rings. The maximum atomic E-state index is 14.0. The summed E-state index contributed by atoms with van der Waals surface area (Å²) < 4.78 is 14.0. The van der Waals surface area contributed by atoms with E-state index in [2.05, 4.69) is 26.0 Å². The van der Waals surface area contributed by atoms with Gasteiger partial charge in [-0.25, -0.2) is 9.18 Å². The SMILES string of the molecule is CC(C)c1ccc(C(C)CC(=O)N2CCC(F)(C(=O)O)C2)cc1. The van der Waals surface area contributed by atoms with E-state index < -0.39 is 11.6 Å². The molecule has 2 atom stereocenters. The maximum absolute atomic E-state index is 14.0. The lowest BCUT2D eigenvalue weighted by Crippen LogP contribution is -2.39. The summed E-state index contributed by atoms with van der Waals surface area (Å²) in [6, 6.07) is 8.17. The second-order valence-corrected chi connectivity index (χ2v) is 6.76. The fraction of sp³-hybridized carbons (Fsp3) is 0.556. The number of carboxylic acid groups (broad SMARTS) is 1. The van der Waals surface area contributed by atoms with E-state index in [0.717, 1.165) is 5.56 Å². The molecule has 0 aromatic heterocycles. The number of halogens is 1. The summed E-state index contributed by atoms with van der Waals surface area (Å²) in [5.41, 5.74) is 0.0137. The molecule has 0 radical (unpaired) electrons. The van der Waals surface area contributed by atoms with Crippen molar-refractivity contribution < 1.29 is 19.1 Å². The van der Waals surface area contributed by atoms with Crippen LogP contribution in [0, 0.1) is 0 Å². The first-order valence-corrected chi connectivity index (χ1v) is 8.03. The van der Waals surface area contributed by atoms with Crippen molar-refractivity contribution in [2.24, 2.45) is 0 Å². The molecule has 0 bridgehead atoms. The molecular formula is C18H24FNO3. The summed E-state index contributed by atoms with van der Waals surface area (Å²) in [7, 11) is 0. The zero-order chi connectivity index (χ0) is 17.2. The topological polar surface area (TPSA) is 57.6 Å². The van der Waals surface area contributed by atoms with Crippen molar-refractivity contribution in [3.05, 3.63) is 35.4 Å². The Morgan fingerprint density at radius 1 is 1.22 bits per heavy atom. The van der Waals surface area contributed by atoms with Gasteiger partial charge in [0, 0.05) is 19.4 Å². The molecule has 1 heterocycles. The average molecular weight is 321 g/mol. The summed E-state index contributed by atoms with van der Waals surface area (Å²) in [4.78, 5) is 24.5. The number of carboxylic acids is 1. The van der Waals surface area contributed by atoms with Crippen LogP contribution in [0.3, 0.4) is 0 Å². The van der Waals surface area contributed by atoms with E-state index in [0.29, 0.717) is 5.92 Å². The molecule has 1 amide bonds. The van der Waals surface area contributed by atoms with Gasteiger partial charge >= 0.3 is 5.97 Å². The van der Waals surface area contributed by atoms with Gasteiger partial charge in [-0.3, -0.25) is 4.79 Å². The van der Waals surface area contributed by atoms with Gasteiger partial charge < -0.3 is 10.0 Å². The van der Waals surface area contributed by atoms with Crippen LogP contribution < -0.4 is 0 Å². The van der Waals surface area contributed by atoms with E-state index in [9.17, 15) is 14.0 Å². The zero-order valence-electron chi connectivity index (χ0n) is 13.9. The first-order valence-electron chi connectivity index (χ1n) is 8.03. The highest BCUT2D eigenvalue weighted by Gasteiger charge is 2.46. The Labute approximate surface area is 136 Å². The van der Waals surface area contributed by atoms with Gasteiger partial charge in [0.05, 0.1) is 6.54 Å². The minimum atomic E-state index is -2.29. The van der Waals surface area contributed by atoms with Crippen molar-refractivity contribution in [3.63, 3.8) is 0 Å². The van der Waals surface area contributed by atoms with Crippen LogP contribution in [0.5, 0.6) is 0 Å². The van der Waals surface area contributed by atoms with Gasteiger partial charge in [0.15, 0.2) is 0 Å². The van der Waals surface area contributed by atoms with E-state index in [1.807, 2.05) is 19.1 Å². The highest BCUT2D eigenvalue weighted by atomic mass is 19.1. The Morgan fingerprint density at radius 2 is 1.78 bits per heavy atom. The van der Waals surface area contributed by atoms with Crippen molar-refractivity contribution in [2.75, 3.05) is 13.1 Å². The van der Waals surface area contributed by atoms with Crippen molar-refractivity contribution in [1.82, 2.24) is 4.90 Å². The van der Waals surface area contributed by atoms with Gasteiger partial charge in [-0.05, 0) is 23.0 Å². The number of carbonyl (C=O) groups is 2. The van der Waals surface area contributed by atoms with Gasteiger partial charge in [-0.1, -0.05) is 45.0 Å². The summed E-state index contributed by atoms with van der Waals surface area (Å²) in [6.45, 7) is 6.03. The molecule has 1 aromatic carbocycles. The third-order valence-electron chi connectivity index (χ3n) is 4.61. The van der Waals surface area contributed by atoms with E-state index >= 15 is 0 Å². The Kier molecular flexibility index (Phi) is 5.07. The molecule has 126 valence electrons. The van der Waals surface area contributed by atoms with Crippen LogP contribution in [0.4, 0.5) is 4.39 Å². The molecule has 1 N–H and O–H groups in total. The molecule has 4 nitrogen and oxygen atoms in total. The Bertz CT molecular complexity index is 584. The van der Waals surface area contributed by atoms with Crippen LogP contribution >= 0.6 is 0 Å². The van der Waals surface area contributed by atoms with Crippen LogP contribution in [0.2, 0.25) is 0 Å². The fourth-order valence-corrected chi connectivity index (χ4v) is 2.88. The Morgan fingerprint density at radius 3 is 2.26 bits per heavy atom. The molecule has 5 heteroatoms. The monoisotopic (exact) mass is 321 g/mol. The number of hydrogen-bond acceptors (Lipinski definition) is 2. The second-order valence-electron chi connectivity index (χ2n) is 6.76. The normalized spacial score (nSPS) is 22.4. The lowest BCUT2D eigenvalue weighted by atomic mass is 9.94. The third-order valence-corrected chi connectivity index (χ3v) is 4.61. The predicted octanol–water partition coefficient (Wildman–Crippen LogP) is 3.33. The number of hydrogen-bond donors (Lipinski definition) is 1. The number of rotatable bonds is 5. The molecule has 1 saturated heterocycles. The minimum Gasteiger partial charge on any atom is -0.479 e. The molecule has 1 aliphatic heterocycles. The van der Waals surface area contributed by atoms with Gasteiger partial charge in [0.2, 0.25) is 11.6 Å². The van der Waals surface area contributed by atoms with Crippen LogP contribution in [0.25, 0.3) is 0 Å². The smallest absolute Gasteiger partial charge is 0.343 e.